The highest BCUT2D eigenvalue weighted by Gasteiger charge is 2.06. The van der Waals surface area contributed by atoms with Crippen LogP contribution < -0.4 is 0 Å². The standard InChI is InChI=1S/C7H10NS/c1-3-6(2)7-8-4-5-9-7/h3H,2,4-5H2,1H3. The maximum Gasteiger partial charge on any atom is 0.0934 e. The summed E-state index contributed by atoms with van der Waals surface area (Å²) in [5.41, 5.74) is 1.07. The van der Waals surface area contributed by atoms with Gasteiger partial charge in [-0.15, -0.1) is 11.8 Å². The molecule has 0 amide bonds. The Balaban J connectivity index is 2.61. The highest BCUT2D eigenvalue weighted by molar-refractivity contribution is 8.14. The maximum atomic E-state index is 4.26. The van der Waals surface area contributed by atoms with Crippen LogP contribution in [0.4, 0.5) is 0 Å². The molecule has 0 aromatic heterocycles. The third-order valence-corrected chi connectivity index (χ3v) is 2.26. The van der Waals surface area contributed by atoms with Gasteiger partial charge in [0.15, 0.2) is 0 Å². The first kappa shape index (κ1) is 6.87. The minimum absolute atomic E-state index is 0.965. The number of rotatable bonds is 1. The minimum atomic E-state index is 0.965. The molecule has 0 aliphatic carbocycles. The summed E-state index contributed by atoms with van der Waals surface area (Å²) in [6.07, 6.45) is 2.00. The van der Waals surface area contributed by atoms with Gasteiger partial charge in [-0.25, -0.2) is 0 Å². The van der Waals surface area contributed by atoms with Crippen molar-refractivity contribution in [1.29, 1.82) is 0 Å². The van der Waals surface area contributed by atoms with Crippen molar-refractivity contribution in [2.24, 2.45) is 4.99 Å². The van der Waals surface area contributed by atoms with Crippen LogP contribution in [0.2, 0.25) is 0 Å². The summed E-state index contributed by atoms with van der Waals surface area (Å²) in [5.74, 6) is 1.13. The molecule has 49 valence electrons. The van der Waals surface area contributed by atoms with Crippen molar-refractivity contribution in [2.45, 2.75) is 6.92 Å². The zero-order chi connectivity index (χ0) is 6.69. The Kier molecular flexibility index (Phi) is 2.34. The lowest BCUT2D eigenvalue weighted by Gasteiger charge is -1.94. The van der Waals surface area contributed by atoms with Crippen LogP contribution in [-0.2, 0) is 0 Å². The predicted molar refractivity (Wildman–Crippen MR) is 43.9 cm³/mol. The molecule has 9 heavy (non-hydrogen) atoms. The lowest BCUT2D eigenvalue weighted by atomic mass is 10.3. The van der Waals surface area contributed by atoms with Crippen LogP contribution in [-0.4, -0.2) is 17.3 Å². The third kappa shape index (κ3) is 1.58. The van der Waals surface area contributed by atoms with Crippen LogP contribution in [0, 0.1) is 6.92 Å². The summed E-state index contributed by atoms with van der Waals surface area (Å²) < 4.78 is 0. The van der Waals surface area contributed by atoms with Crippen LogP contribution in [0.5, 0.6) is 0 Å². The summed E-state index contributed by atoms with van der Waals surface area (Å²) in [6.45, 7) is 6.80. The van der Waals surface area contributed by atoms with Crippen molar-refractivity contribution in [2.75, 3.05) is 12.3 Å². The van der Waals surface area contributed by atoms with Gasteiger partial charge in [-0.1, -0.05) is 6.08 Å². The average Bonchev–Trinajstić information content (AvgIpc) is 2.37. The fourth-order valence-electron chi connectivity index (χ4n) is 0.653. The number of allylic oxidation sites excluding steroid dienone is 1. The molecule has 1 radical (unpaired) electrons. The van der Waals surface area contributed by atoms with Gasteiger partial charge in [0.25, 0.3) is 0 Å². The van der Waals surface area contributed by atoms with E-state index in [1.54, 1.807) is 11.8 Å². The molecule has 0 aromatic rings. The summed E-state index contributed by atoms with van der Waals surface area (Å²) in [5, 5.41) is 1.12. The second kappa shape index (κ2) is 3.06. The minimum Gasteiger partial charge on any atom is -0.277 e. The van der Waals surface area contributed by atoms with Gasteiger partial charge in [0.2, 0.25) is 0 Å². The molecule has 0 spiro atoms. The van der Waals surface area contributed by atoms with Crippen LogP contribution in [0.1, 0.15) is 6.92 Å². The van der Waals surface area contributed by atoms with Crippen LogP contribution in [0.15, 0.2) is 16.6 Å². The van der Waals surface area contributed by atoms with Crippen molar-refractivity contribution < 1.29 is 0 Å². The first-order valence-electron chi connectivity index (χ1n) is 3.00. The molecule has 1 aliphatic heterocycles. The monoisotopic (exact) mass is 140 g/mol. The second-order valence-electron chi connectivity index (χ2n) is 1.85. The molecule has 0 aromatic carbocycles. The molecule has 0 saturated heterocycles. The van der Waals surface area contributed by atoms with E-state index in [2.05, 4.69) is 11.9 Å². The van der Waals surface area contributed by atoms with Gasteiger partial charge in [-0.05, 0) is 19.4 Å². The Morgan fingerprint density at radius 3 is 3.11 bits per heavy atom. The van der Waals surface area contributed by atoms with E-state index in [0.717, 1.165) is 22.9 Å². The lowest BCUT2D eigenvalue weighted by Crippen LogP contribution is -1.88. The van der Waals surface area contributed by atoms with Crippen LogP contribution >= 0.6 is 11.8 Å². The number of thioether (sulfide) groups is 1. The van der Waals surface area contributed by atoms with E-state index in [-0.39, 0.29) is 0 Å². The van der Waals surface area contributed by atoms with Crippen molar-refractivity contribution in [3.05, 3.63) is 18.6 Å². The lowest BCUT2D eigenvalue weighted by molar-refractivity contribution is 1.17. The van der Waals surface area contributed by atoms with Crippen molar-refractivity contribution in [3.8, 4) is 0 Å². The number of nitrogens with zero attached hydrogens (tertiary/aromatic N) is 1. The van der Waals surface area contributed by atoms with Gasteiger partial charge in [0, 0.05) is 12.3 Å². The quantitative estimate of drug-likeness (QED) is 0.542. The van der Waals surface area contributed by atoms with Crippen LogP contribution in [0.3, 0.4) is 0 Å². The Hall–Kier alpha value is -0.240. The van der Waals surface area contributed by atoms with Crippen LogP contribution in [0.25, 0.3) is 0 Å². The molecular formula is C7H10NS. The van der Waals surface area contributed by atoms with E-state index in [4.69, 9.17) is 0 Å². The summed E-state index contributed by atoms with van der Waals surface area (Å²) >= 11 is 1.79. The molecule has 2 heteroatoms. The Bertz CT molecular complexity index is 158. The Labute approximate surface area is 60.3 Å². The van der Waals surface area contributed by atoms with Crippen molar-refractivity contribution in [3.63, 3.8) is 0 Å². The summed E-state index contributed by atoms with van der Waals surface area (Å²) in [6, 6.07) is 0. The van der Waals surface area contributed by atoms with E-state index in [9.17, 15) is 0 Å². The van der Waals surface area contributed by atoms with Crippen molar-refractivity contribution >= 4 is 16.8 Å². The predicted octanol–water partition coefficient (Wildman–Crippen LogP) is 1.91. The molecule has 0 fully saturated rings. The number of aliphatic imine (C=N–C) groups is 1. The van der Waals surface area contributed by atoms with E-state index in [1.807, 2.05) is 13.0 Å². The second-order valence-corrected chi connectivity index (χ2v) is 2.93. The van der Waals surface area contributed by atoms with Crippen molar-refractivity contribution in [1.82, 2.24) is 0 Å². The van der Waals surface area contributed by atoms with Gasteiger partial charge in [-0.3, -0.25) is 4.99 Å². The Morgan fingerprint density at radius 1 is 1.89 bits per heavy atom. The summed E-state index contributed by atoms with van der Waals surface area (Å²) in [4.78, 5) is 4.26. The van der Waals surface area contributed by atoms with Gasteiger partial charge in [0.1, 0.15) is 0 Å². The highest BCUT2D eigenvalue weighted by Crippen LogP contribution is 2.17. The largest absolute Gasteiger partial charge is 0.277 e. The van der Waals surface area contributed by atoms with E-state index in [0.29, 0.717) is 0 Å². The van der Waals surface area contributed by atoms with E-state index >= 15 is 0 Å². The smallest absolute Gasteiger partial charge is 0.0934 e. The fourth-order valence-corrected chi connectivity index (χ4v) is 1.51. The maximum absolute atomic E-state index is 4.26. The zero-order valence-corrected chi connectivity index (χ0v) is 6.37. The molecule has 0 unspecified atom stereocenters. The molecule has 0 atom stereocenters. The molecular weight excluding hydrogens is 130 g/mol. The number of hydrogen-bond acceptors (Lipinski definition) is 2. The zero-order valence-electron chi connectivity index (χ0n) is 5.55. The SMILES string of the molecule is [CH2]C(=CC)C1=NCCS1. The van der Waals surface area contributed by atoms with Gasteiger partial charge < -0.3 is 0 Å². The fraction of sp³-hybridized carbons (Fsp3) is 0.429. The van der Waals surface area contributed by atoms with Gasteiger partial charge in [-0.2, -0.15) is 0 Å². The average molecular weight is 140 g/mol. The first-order chi connectivity index (χ1) is 4.34. The first-order valence-corrected chi connectivity index (χ1v) is 3.99. The summed E-state index contributed by atoms with van der Waals surface area (Å²) in [7, 11) is 0. The van der Waals surface area contributed by atoms with Gasteiger partial charge in [0.05, 0.1) is 5.04 Å². The highest BCUT2D eigenvalue weighted by atomic mass is 32.2. The molecule has 1 aliphatic rings. The third-order valence-electron chi connectivity index (χ3n) is 1.21. The normalized spacial score (nSPS) is 20.2. The molecule has 0 N–H and O–H groups in total. The topological polar surface area (TPSA) is 12.4 Å². The Morgan fingerprint density at radius 2 is 2.67 bits per heavy atom. The molecule has 1 heterocycles. The van der Waals surface area contributed by atoms with E-state index < -0.39 is 0 Å². The number of hydrogen-bond donors (Lipinski definition) is 0. The molecule has 1 nitrogen and oxygen atoms in total. The molecule has 0 bridgehead atoms. The molecule has 0 saturated carbocycles. The molecule has 1 rings (SSSR count). The van der Waals surface area contributed by atoms with Gasteiger partial charge >= 0.3 is 0 Å². The van der Waals surface area contributed by atoms with E-state index in [1.165, 1.54) is 0 Å².